The molecule has 0 saturated carbocycles. The molecule has 0 radical (unpaired) electrons. The molecule has 1 aromatic rings. The minimum Gasteiger partial charge on any atom is -0.495 e. The number of rotatable bonds is 3. The maximum Gasteiger partial charge on any atom is 0.142 e. The smallest absolute Gasteiger partial charge is 0.142 e. The molecule has 0 aromatic heterocycles. The van der Waals surface area contributed by atoms with Crippen molar-refractivity contribution in [1.29, 1.82) is 0 Å². The van der Waals surface area contributed by atoms with Gasteiger partial charge in [0, 0.05) is 45.3 Å². The summed E-state index contributed by atoms with van der Waals surface area (Å²) in [4.78, 5) is 7.62. The fourth-order valence-electron chi connectivity index (χ4n) is 3.71. The fraction of sp³-hybridized carbons (Fsp3) is 0.667. The van der Waals surface area contributed by atoms with Crippen LogP contribution < -0.4 is 9.64 Å². The quantitative estimate of drug-likeness (QED) is 0.852. The highest BCUT2D eigenvalue weighted by Crippen LogP contribution is 2.32. The van der Waals surface area contributed by atoms with Gasteiger partial charge in [0.15, 0.2) is 0 Å². The van der Waals surface area contributed by atoms with E-state index in [4.69, 9.17) is 4.74 Å². The van der Waals surface area contributed by atoms with Gasteiger partial charge < -0.3 is 14.5 Å². The summed E-state index contributed by atoms with van der Waals surface area (Å²) in [5.41, 5.74) is 2.51. The van der Waals surface area contributed by atoms with Gasteiger partial charge in [-0.05, 0) is 44.5 Å². The Morgan fingerprint density at radius 1 is 1.00 bits per heavy atom. The van der Waals surface area contributed by atoms with Crippen LogP contribution in [0.4, 0.5) is 5.69 Å². The van der Waals surface area contributed by atoms with E-state index in [1.54, 1.807) is 7.11 Å². The van der Waals surface area contributed by atoms with Crippen molar-refractivity contribution in [3.8, 4) is 5.75 Å². The van der Waals surface area contributed by atoms with Crippen molar-refractivity contribution in [2.45, 2.75) is 25.8 Å². The van der Waals surface area contributed by atoms with Crippen LogP contribution in [0.3, 0.4) is 0 Å². The minimum atomic E-state index is 0.765. The van der Waals surface area contributed by atoms with Gasteiger partial charge >= 0.3 is 0 Å². The molecule has 0 bridgehead atoms. The average molecular weight is 303 g/mol. The molecule has 4 nitrogen and oxygen atoms in total. The van der Waals surface area contributed by atoms with Crippen molar-refractivity contribution >= 4 is 5.69 Å². The van der Waals surface area contributed by atoms with Crippen LogP contribution in [0, 0.1) is 6.92 Å². The Morgan fingerprint density at radius 2 is 1.68 bits per heavy atom. The summed E-state index contributed by atoms with van der Waals surface area (Å²) in [6.07, 6.45) is 2.53. The van der Waals surface area contributed by atoms with E-state index in [-0.39, 0.29) is 0 Å². The summed E-state index contributed by atoms with van der Waals surface area (Å²) >= 11 is 0. The number of ether oxygens (including phenoxy) is 1. The number of benzene rings is 1. The first kappa shape index (κ1) is 15.6. The van der Waals surface area contributed by atoms with Gasteiger partial charge in [0.1, 0.15) is 5.75 Å². The van der Waals surface area contributed by atoms with Gasteiger partial charge in [-0.15, -0.1) is 0 Å². The molecule has 122 valence electrons. The Bertz CT molecular complexity index is 489. The predicted octanol–water partition coefficient (Wildman–Crippen LogP) is 2.22. The zero-order valence-electron chi connectivity index (χ0n) is 14.2. The molecular formula is C18H29N3O. The largest absolute Gasteiger partial charge is 0.495 e. The van der Waals surface area contributed by atoms with Gasteiger partial charge in [-0.1, -0.05) is 6.07 Å². The van der Waals surface area contributed by atoms with E-state index in [2.05, 4.69) is 46.9 Å². The molecule has 0 aliphatic carbocycles. The molecule has 2 aliphatic rings. The number of likely N-dealkylation sites (N-methyl/N-ethyl adjacent to an activating group) is 1. The third-order valence-corrected chi connectivity index (χ3v) is 5.19. The Labute approximate surface area is 134 Å². The van der Waals surface area contributed by atoms with Crippen molar-refractivity contribution < 1.29 is 4.74 Å². The van der Waals surface area contributed by atoms with E-state index in [1.807, 2.05) is 0 Å². The van der Waals surface area contributed by atoms with Gasteiger partial charge in [0.25, 0.3) is 0 Å². The number of aryl methyl sites for hydroxylation is 1. The topological polar surface area (TPSA) is 19.0 Å². The van der Waals surface area contributed by atoms with Crippen molar-refractivity contribution in [2.24, 2.45) is 0 Å². The summed E-state index contributed by atoms with van der Waals surface area (Å²) in [6.45, 7) is 9.28. The van der Waals surface area contributed by atoms with Crippen molar-refractivity contribution in [2.75, 3.05) is 58.3 Å². The standard InChI is InChI=1S/C18H29N3O/c1-15-4-5-17(18(14-15)22-3)21-8-6-16(7-9-21)20-12-10-19(2)11-13-20/h4-5,14,16H,6-13H2,1-3H3. The normalized spacial score (nSPS) is 22.0. The summed E-state index contributed by atoms with van der Waals surface area (Å²) in [5, 5.41) is 0. The van der Waals surface area contributed by atoms with Crippen LogP contribution in [0.2, 0.25) is 0 Å². The zero-order chi connectivity index (χ0) is 15.5. The summed E-state index contributed by atoms with van der Waals surface area (Å²) in [5.74, 6) is 1.01. The number of nitrogens with zero attached hydrogens (tertiary/aromatic N) is 3. The van der Waals surface area contributed by atoms with E-state index in [0.717, 1.165) is 24.9 Å². The first-order chi connectivity index (χ1) is 10.7. The van der Waals surface area contributed by atoms with Crippen LogP contribution in [0.25, 0.3) is 0 Å². The number of piperidine rings is 1. The zero-order valence-corrected chi connectivity index (χ0v) is 14.2. The highest BCUT2D eigenvalue weighted by Gasteiger charge is 2.27. The third-order valence-electron chi connectivity index (χ3n) is 5.19. The molecule has 2 aliphatic heterocycles. The summed E-state index contributed by atoms with van der Waals surface area (Å²) in [7, 11) is 4.00. The van der Waals surface area contributed by atoms with E-state index >= 15 is 0 Å². The van der Waals surface area contributed by atoms with E-state index in [1.165, 1.54) is 50.3 Å². The molecule has 0 unspecified atom stereocenters. The molecule has 2 fully saturated rings. The molecule has 1 aromatic carbocycles. The van der Waals surface area contributed by atoms with Crippen LogP contribution in [-0.4, -0.2) is 69.3 Å². The maximum atomic E-state index is 5.58. The molecule has 4 heteroatoms. The number of hydrogen-bond donors (Lipinski definition) is 0. The number of anilines is 1. The van der Waals surface area contributed by atoms with Gasteiger partial charge in [-0.3, -0.25) is 4.90 Å². The minimum absolute atomic E-state index is 0.765. The van der Waals surface area contributed by atoms with Gasteiger partial charge in [0.05, 0.1) is 12.8 Å². The Balaban J connectivity index is 1.60. The molecule has 2 saturated heterocycles. The second-order valence-electron chi connectivity index (χ2n) is 6.73. The predicted molar refractivity (Wildman–Crippen MR) is 92.0 cm³/mol. The Hall–Kier alpha value is -1.26. The number of piperazine rings is 1. The van der Waals surface area contributed by atoms with Crippen molar-refractivity contribution in [3.63, 3.8) is 0 Å². The lowest BCUT2D eigenvalue weighted by atomic mass is 10.0. The first-order valence-corrected chi connectivity index (χ1v) is 8.49. The van der Waals surface area contributed by atoms with E-state index in [9.17, 15) is 0 Å². The monoisotopic (exact) mass is 303 g/mol. The van der Waals surface area contributed by atoms with Crippen LogP contribution in [0.1, 0.15) is 18.4 Å². The molecule has 2 heterocycles. The Morgan fingerprint density at radius 3 is 2.32 bits per heavy atom. The van der Waals surface area contributed by atoms with E-state index in [0.29, 0.717) is 0 Å². The molecule has 0 spiro atoms. The fourth-order valence-corrected chi connectivity index (χ4v) is 3.71. The molecule has 0 amide bonds. The summed E-state index contributed by atoms with van der Waals surface area (Å²) in [6, 6.07) is 7.30. The van der Waals surface area contributed by atoms with Crippen LogP contribution >= 0.6 is 0 Å². The molecular weight excluding hydrogens is 274 g/mol. The molecule has 22 heavy (non-hydrogen) atoms. The second kappa shape index (κ2) is 6.88. The lowest BCUT2D eigenvalue weighted by Crippen LogP contribution is -2.52. The second-order valence-corrected chi connectivity index (χ2v) is 6.73. The van der Waals surface area contributed by atoms with Gasteiger partial charge in [-0.2, -0.15) is 0 Å². The molecule has 0 atom stereocenters. The SMILES string of the molecule is COc1cc(C)ccc1N1CCC(N2CCN(C)CC2)CC1. The molecule has 3 rings (SSSR count). The number of hydrogen-bond acceptors (Lipinski definition) is 4. The Kier molecular flexibility index (Phi) is 4.89. The van der Waals surface area contributed by atoms with E-state index < -0.39 is 0 Å². The average Bonchev–Trinajstić information content (AvgIpc) is 2.56. The lowest BCUT2D eigenvalue weighted by molar-refractivity contribution is 0.0981. The number of methoxy groups -OCH3 is 1. The molecule has 0 N–H and O–H groups in total. The van der Waals surface area contributed by atoms with Crippen LogP contribution in [-0.2, 0) is 0 Å². The summed E-state index contributed by atoms with van der Waals surface area (Å²) < 4.78 is 5.58. The van der Waals surface area contributed by atoms with Crippen molar-refractivity contribution in [3.05, 3.63) is 23.8 Å². The third kappa shape index (κ3) is 3.39. The van der Waals surface area contributed by atoms with Crippen molar-refractivity contribution in [1.82, 2.24) is 9.80 Å². The van der Waals surface area contributed by atoms with Crippen LogP contribution in [0.15, 0.2) is 18.2 Å². The van der Waals surface area contributed by atoms with Crippen LogP contribution in [0.5, 0.6) is 5.75 Å². The van der Waals surface area contributed by atoms with Gasteiger partial charge in [0.2, 0.25) is 0 Å². The maximum absolute atomic E-state index is 5.58. The lowest BCUT2D eigenvalue weighted by Gasteiger charge is -2.42. The first-order valence-electron chi connectivity index (χ1n) is 8.49. The van der Waals surface area contributed by atoms with Gasteiger partial charge in [-0.25, -0.2) is 0 Å². The highest BCUT2D eigenvalue weighted by atomic mass is 16.5. The highest BCUT2D eigenvalue weighted by molar-refractivity contribution is 5.60.